The van der Waals surface area contributed by atoms with Gasteiger partial charge in [-0.2, -0.15) is 0 Å². The van der Waals surface area contributed by atoms with Crippen LogP contribution in [0.15, 0.2) is 59.5 Å². The van der Waals surface area contributed by atoms with E-state index < -0.39 is 0 Å². The summed E-state index contributed by atoms with van der Waals surface area (Å²) in [5, 5.41) is 0. The number of hydrogen-bond donors (Lipinski definition) is 0. The predicted molar refractivity (Wildman–Crippen MR) is 121 cm³/mol. The lowest BCUT2D eigenvalue weighted by atomic mass is 10.2. The zero-order valence-corrected chi connectivity index (χ0v) is 17.8. The van der Waals surface area contributed by atoms with Crippen LogP contribution in [0.5, 0.6) is 5.75 Å². The molecule has 2 aliphatic rings. The van der Waals surface area contributed by atoms with Crippen molar-refractivity contribution >= 4 is 51.9 Å². The van der Waals surface area contributed by atoms with Crippen LogP contribution >= 0.6 is 24.0 Å². The summed E-state index contributed by atoms with van der Waals surface area (Å²) in [6.07, 6.45) is 1.81. The first-order chi connectivity index (χ1) is 14.6. The van der Waals surface area contributed by atoms with Gasteiger partial charge in [-0.05, 0) is 35.9 Å². The van der Waals surface area contributed by atoms with Crippen molar-refractivity contribution in [2.75, 3.05) is 37.8 Å². The largest absolute Gasteiger partial charge is 0.484 e. The summed E-state index contributed by atoms with van der Waals surface area (Å²) < 4.78 is 11.4. The normalized spacial score (nSPS) is 18.2. The van der Waals surface area contributed by atoms with E-state index in [1.807, 2.05) is 48.5 Å². The molecule has 0 aromatic heterocycles. The van der Waals surface area contributed by atoms with Gasteiger partial charge < -0.3 is 14.4 Å². The lowest BCUT2D eigenvalue weighted by Crippen LogP contribution is -2.42. The molecular weight excluding hydrogens is 420 g/mol. The van der Waals surface area contributed by atoms with Crippen molar-refractivity contribution in [3.8, 4) is 5.75 Å². The van der Waals surface area contributed by atoms with Crippen LogP contribution in [0.1, 0.15) is 5.56 Å². The third kappa shape index (κ3) is 4.72. The number of nitrogens with zero attached hydrogens (tertiary/aromatic N) is 2. The number of para-hydroxylation sites is 1. The Bertz CT molecular complexity index is 970. The van der Waals surface area contributed by atoms with E-state index >= 15 is 0 Å². The van der Waals surface area contributed by atoms with E-state index in [1.54, 1.807) is 21.9 Å². The number of morpholine rings is 1. The van der Waals surface area contributed by atoms with Gasteiger partial charge in [-0.3, -0.25) is 14.5 Å². The number of carbonyl (C=O) groups excluding carboxylic acids is 2. The van der Waals surface area contributed by atoms with Crippen molar-refractivity contribution in [2.45, 2.75) is 0 Å². The molecule has 2 saturated heterocycles. The van der Waals surface area contributed by atoms with Crippen LogP contribution in [-0.4, -0.2) is 53.9 Å². The van der Waals surface area contributed by atoms with Crippen LogP contribution in [0.3, 0.4) is 0 Å². The number of ether oxygens (including phenoxy) is 2. The third-order valence-electron chi connectivity index (χ3n) is 4.71. The number of rotatable bonds is 5. The van der Waals surface area contributed by atoms with Crippen LogP contribution in [-0.2, 0) is 14.3 Å². The Morgan fingerprint density at radius 3 is 2.50 bits per heavy atom. The van der Waals surface area contributed by atoms with Crippen molar-refractivity contribution in [1.82, 2.24) is 4.90 Å². The fraction of sp³-hybridized carbons (Fsp3) is 0.227. The number of hydrogen-bond acceptors (Lipinski definition) is 6. The minimum absolute atomic E-state index is 0.00488. The predicted octanol–water partition coefficient (Wildman–Crippen LogP) is 3.33. The first-order valence-corrected chi connectivity index (χ1v) is 10.8. The molecule has 0 radical (unpaired) electrons. The zero-order valence-electron chi connectivity index (χ0n) is 16.2. The molecule has 2 aromatic carbocycles. The second-order valence-electron chi connectivity index (χ2n) is 6.70. The SMILES string of the molecule is O=C(COc1ccc(/C=C2\SC(=S)N(c3ccccc3)C2=O)cc1)N1CCOCC1. The highest BCUT2D eigenvalue weighted by Gasteiger charge is 2.33. The Balaban J connectivity index is 1.38. The minimum Gasteiger partial charge on any atom is -0.484 e. The first kappa shape index (κ1) is 20.6. The Hall–Kier alpha value is -2.68. The van der Waals surface area contributed by atoms with Crippen LogP contribution in [0, 0.1) is 0 Å². The molecule has 2 amide bonds. The van der Waals surface area contributed by atoms with Crippen LogP contribution < -0.4 is 9.64 Å². The fourth-order valence-corrected chi connectivity index (χ4v) is 4.43. The summed E-state index contributed by atoms with van der Waals surface area (Å²) in [4.78, 5) is 28.8. The summed E-state index contributed by atoms with van der Waals surface area (Å²) in [5.74, 6) is 0.421. The molecule has 0 N–H and O–H groups in total. The van der Waals surface area contributed by atoms with E-state index in [0.29, 0.717) is 41.3 Å². The number of amides is 2. The van der Waals surface area contributed by atoms with Crippen LogP contribution in [0.4, 0.5) is 5.69 Å². The number of thiocarbonyl (C=S) groups is 1. The highest BCUT2D eigenvalue weighted by atomic mass is 32.2. The average Bonchev–Trinajstić information content (AvgIpc) is 3.07. The molecule has 0 spiro atoms. The summed E-state index contributed by atoms with van der Waals surface area (Å²) in [5.41, 5.74) is 1.62. The summed E-state index contributed by atoms with van der Waals surface area (Å²) in [6.45, 7) is 2.33. The molecular formula is C22H20N2O4S2. The Morgan fingerprint density at radius 2 is 1.80 bits per heavy atom. The van der Waals surface area contributed by atoms with Gasteiger partial charge in [0.1, 0.15) is 5.75 Å². The van der Waals surface area contributed by atoms with E-state index in [1.165, 1.54) is 11.8 Å². The zero-order chi connectivity index (χ0) is 20.9. The van der Waals surface area contributed by atoms with Crippen molar-refractivity contribution in [2.24, 2.45) is 0 Å². The molecule has 2 aliphatic heterocycles. The Morgan fingerprint density at radius 1 is 1.10 bits per heavy atom. The molecule has 0 unspecified atom stereocenters. The second-order valence-corrected chi connectivity index (χ2v) is 8.38. The van der Waals surface area contributed by atoms with E-state index in [-0.39, 0.29) is 18.4 Å². The van der Waals surface area contributed by atoms with Gasteiger partial charge in [-0.15, -0.1) is 0 Å². The number of anilines is 1. The maximum Gasteiger partial charge on any atom is 0.270 e. The molecule has 2 fully saturated rings. The molecule has 8 heteroatoms. The maximum absolute atomic E-state index is 12.8. The molecule has 4 rings (SSSR count). The van der Waals surface area contributed by atoms with Gasteiger partial charge >= 0.3 is 0 Å². The smallest absolute Gasteiger partial charge is 0.270 e. The standard InChI is InChI=1S/C22H20N2O4S2/c25-20(23-10-12-27-13-11-23)15-28-18-8-6-16(7-9-18)14-19-21(26)24(22(29)30-19)17-4-2-1-3-5-17/h1-9,14H,10-13,15H2/b19-14-. The van der Waals surface area contributed by atoms with Gasteiger partial charge in [0, 0.05) is 13.1 Å². The van der Waals surface area contributed by atoms with E-state index in [4.69, 9.17) is 21.7 Å². The molecule has 2 aromatic rings. The summed E-state index contributed by atoms with van der Waals surface area (Å²) >= 11 is 6.67. The average molecular weight is 441 g/mol. The van der Waals surface area contributed by atoms with Gasteiger partial charge in [-0.1, -0.05) is 54.3 Å². The third-order valence-corrected chi connectivity index (χ3v) is 6.01. The van der Waals surface area contributed by atoms with Gasteiger partial charge in [0.2, 0.25) is 0 Å². The van der Waals surface area contributed by atoms with Crippen LogP contribution in [0.2, 0.25) is 0 Å². The molecule has 0 bridgehead atoms. The topological polar surface area (TPSA) is 59.1 Å². The van der Waals surface area contributed by atoms with E-state index in [0.717, 1.165) is 11.3 Å². The monoisotopic (exact) mass is 440 g/mol. The fourth-order valence-electron chi connectivity index (χ4n) is 3.13. The van der Waals surface area contributed by atoms with Crippen molar-refractivity contribution in [1.29, 1.82) is 0 Å². The van der Waals surface area contributed by atoms with Gasteiger partial charge in [0.25, 0.3) is 11.8 Å². The first-order valence-electron chi connectivity index (χ1n) is 9.53. The summed E-state index contributed by atoms with van der Waals surface area (Å²) in [6, 6.07) is 16.6. The van der Waals surface area contributed by atoms with Gasteiger partial charge in [-0.25, -0.2) is 0 Å². The highest BCUT2D eigenvalue weighted by molar-refractivity contribution is 8.27. The van der Waals surface area contributed by atoms with Gasteiger partial charge in [0.15, 0.2) is 10.9 Å². The minimum atomic E-state index is -0.132. The highest BCUT2D eigenvalue weighted by Crippen LogP contribution is 2.35. The molecule has 30 heavy (non-hydrogen) atoms. The number of carbonyl (C=O) groups is 2. The lowest BCUT2D eigenvalue weighted by Gasteiger charge is -2.26. The Labute approximate surface area is 184 Å². The Kier molecular flexibility index (Phi) is 6.47. The molecule has 0 saturated carbocycles. The molecule has 0 atom stereocenters. The number of thioether (sulfide) groups is 1. The molecule has 0 aliphatic carbocycles. The summed E-state index contributed by atoms with van der Waals surface area (Å²) in [7, 11) is 0. The molecule has 6 nitrogen and oxygen atoms in total. The van der Waals surface area contributed by atoms with E-state index in [2.05, 4.69) is 0 Å². The second kappa shape index (κ2) is 9.42. The van der Waals surface area contributed by atoms with Crippen LogP contribution in [0.25, 0.3) is 6.08 Å². The molecule has 2 heterocycles. The van der Waals surface area contributed by atoms with Crippen molar-refractivity contribution < 1.29 is 19.1 Å². The maximum atomic E-state index is 12.8. The lowest BCUT2D eigenvalue weighted by molar-refractivity contribution is -0.137. The van der Waals surface area contributed by atoms with Crippen molar-refractivity contribution in [3.63, 3.8) is 0 Å². The number of benzene rings is 2. The molecule has 154 valence electrons. The van der Waals surface area contributed by atoms with Gasteiger partial charge in [0.05, 0.1) is 23.8 Å². The van der Waals surface area contributed by atoms with Crippen molar-refractivity contribution in [3.05, 3.63) is 65.1 Å². The quantitative estimate of drug-likeness (QED) is 0.525. The van der Waals surface area contributed by atoms with E-state index in [9.17, 15) is 9.59 Å².